The molecule has 1 aromatic heterocycles. The first-order valence-electron chi connectivity index (χ1n) is 10.00. The number of rotatable bonds is 6. The van der Waals surface area contributed by atoms with Gasteiger partial charge in [0.15, 0.2) is 0 Å². The molecule has 1 amide bonds. The van der Waals surface area contributed by atoms with Crippen molar-refractivity contribution in [3.8, 4) is 0 Å². The SMILES string of the molecule is CC(C)N(c1ccc(Cl)c(C(=O)NC(O)C2CCCCC2)c1)c1cc[nH]c(=O)n1. The molecule has 0 radical (unpaired) electrons. The molecule has 8 heteroatoms. The van der Waals surface area contributed by atoms with Crippen molar-refractivity contribution in [1.29, 1.82) is 0 Å². The van der Waals surface area contributed by atoms with Gasteiger partial charge >= 0.3 is 5.69 Å². The minimum Gasteiger partial charge on any atom is -0.373 e. The van der Waals surface area contributed by atoms with Crippen LogP contribution in [0.3, 0.4) is 0 Å². The second kappa shape index (κ2) is 9.41. The number of aliphatic hydroxyl groups is 1. The average molecular weight is 419 g/mol. The topological polar surface area (TPSA) is 98.3 Å². The second-order valence-electron chi connectivity index (χ2n) is 7.70. The highest BCUT2D eigenvalue weighted by atomic mass is 35.5. The van der Waals surface area contributed by atoms with Gasteiger partial charge in [0, 0.05) is 23.8 Å². The highest BCUT2D eigenvalue weighted by Crippen LogP contribution is 2.30. The number of aromatic nitrogens is 2. The Bertz CT molecular complexity index is 909. The molecule has 3 rings (SSSR count). The Morgan fingerprint density at radius 1 is 1.28 bits per heavy atom. The predicted molar refractivity (Wildman–Crippen MR) is 114 cm³/mol. The van der Waals surface area contributed by atoms with Crippen LogP contribution in [0.5, 0.6) is 0 Å². The maximum absolute atomic E-state index is 12.8. The van der Waals surface area contributed by atoms with E-state index in [1.165, 1.54) is 12.6 Å². The lowest BCUT2D eigenvalue weighted by molar-refractivity contribution is 0.0463. The molecule has 0 aliphatic heterocycles. The smallest absolute Gasteiger partial charge is 0.346 e. The fourth-order valence-electron chi connectivity index (χ4n) is 3.81. The number of carbonyl (C=O) groups excluding carboxylic acids is 1. The Morgan fingerprint density at radius 2 is 2.00 bits per heavy atom. The van der Waals surface area contributed by atoms with Crippen molar-refractivity contribution in [3.63, 3.8) is 0 Å². The summed E-state index contributed by atoms with van der Waals surface area (Å²) in [4.78, 5) is 32.8. The van der Waals surface area contributed by atoms with Gasteiger partial charge in [0.2, 0.25) is 0 Å². The molecule has 2 aromatic rings. The summed E-state index contributed by atoms with van der Waals surface area (Å²) in [6.07, 6.45) is 5.77. The van der Waals surface area contributed by atoms with Gasteiger partial charge in [0.05, 0.1) is 10.6 Å². The third kappa shape index (κ3) is 5.16. The molecule has 3 N–H and O–H groups in total. The zero-order chi connectivity index (χ0) is 21.0. The van der Waals surface area contributed by atoms with Crippen LogP contribution in [-0.4, -0.2) is 33.3 Å². The van der Waals surface area contributed by atoms with Crippen LogP contribution in [-0.2, 0) is 0 Å². The molecule has 1 unspecified atom stereocenters. The normalized spacial score (nSPS) is 15.9. The molecule has 156 valence electrons. The van der Waals surface area contributed by atoms with Crippen LogP contribution in [0, 0.1) is 5.92 Å². The minimum absolute atomic E-state index is 0.0192. The van der Waals surface area contributed by atoms with Gasteiger partial charge in [-0.25, -0.2) is 4.79 Å². The van der Waals surface area contributed by atoms with E-state index in [2.05, 4.69) is 15.3 Å². The lowest BCUT2D eigenvalue weighted by atomic mass is 9.88. The molecule has 29 heavy (non-hydrogen) atoms. The number of carbonyl (C=O) groups is 1. The summed E-state index contributed by atoms with van der Waals surface area (Å²) in [5, 5.41) is 13.4. The number of aliphatic hydroxyl groups excluding tert-OH is 1. The van der Waals surface area contributed by atoms with Gasteiger partial charge in [-0.05, 0) is 51.0 Å². The van der Waals surface area contributed by atoms with Crippen molar-refractivity contribution in [2.24, 2.45) is 5.92 Å². The van der Waals surface area contributed by atoms with Crippen LogP contribution in [0.1, 0.15) is 56.3 Å². The van der Waals surface area contributed by atoms with Gasteiger partial charge in [0.25, 0.3) is 5.91 Å². The van der Waals surface area contributed by atoms with Gasteiger partial charge < -0.3 is 20.3 Å². The lowest BCUT2D eigenvalue weighted by Crippen LogP contribution is -2.41. The quantitative estimate of drug-likeness (QED) is 0.622. The van der Waals surface area contributed by atoms with Crippen molar-refractivity contribution in [2.45, 2.75) is 58.2 Å². The summed E-state index contributed by atoms with van der Waals surface area (Å²) in [5.74, 6) is 0.124. The number of hydrogen-bond donors (Lipinski definition) is 3. The van der Waals surface area contributed by atoms with Crippen LogP contribution >= 0.6 is 11.6 Å². The standard InChI is InChI=1S/C21H27ClN4O3/c1-13(2)26(18-10-11-23-21(29)24-18)15-8-9-17(22)16(12-15)20(28)25-19(27)14-6-4-3-5-7-14/h8-14,19,27H,3-7H2,1-2H3,(H,25,28)(H,23,24,29). The molecule has 1 fully saturated rings. The molecule has 1 aliphatic carbocycles. The zero-order valence-electron chi connectivity index (χ0n) is 16.7. The maximum atomic E-state index is 12.8. The van der Waals surface area contributed by atoms with Crippen molar-refractivity contribution in [1.82, 2.24) is 15.3 Å². The van der Waals surface area contributed by atoms with E-state index in [-0.39, 0.29) is 17.5 Å². The van der Waals surface area contributed by atoms with E-state index in [1.807, 2.05) is 18.7 Å². The first kappa shape index (κ1) is 21.3. The molecular weight excluding hydrogens is 392 g/mol. The van der Waals surface area contributed by atoms with Crippen LogP contribution in [0.25, 0.3) is 0 Å². The number of halogens is 1. The molecule has 1 saturated carbocycles. The first-order chi connectivity index (χ1) is 13.9. The fraction of sp³-hybridized carbons (Fsp3) is 0.476. The maximum Gasteiger partial charge on any atom is 0.346 e. The zero-order valence-corrected chi connectivity index (χ0v) is 17.4. The van der Waals surface area contributed by atoms with E-state index in [0.29, 0.717) is 16.5 Å². The van der Waals surface area contributed by atoms with Crippen molar-refractivity contribution in [2.75, 3.05) is 4.90 Å². The van der Waals surface area contributed by atoms with Crippen LogP contribution in [0.4, 0.5) is 11.5 Å². The van der Waals surface area contributed by atoms with Gasteiger partial charge in [-0.15, -0.1) is 0 Å². The summed E-state index contributed by atoms with van der Waals surface area (Å²) >= 11 is 6.28. The predicted octanol–water partition coefficient (Wildman–Crippen LogP) is 3.60. The van der Waals surface area contributed by atoms with E-state index >= 15 is 0 Å². The Hall–Kier alpha value is -2.38. The van der Waals surface area contributed by atoms with Gasteiger partial charge in [-0.1, -0.05) is 30.9 Å². The molecule has 7 nitrogen and oxygen atoms in total. The van der Waals surface area contributed by atoms with Crippen LogP contribution in [0.15, 0.2) is 35.3 Å². The number of H-pyrrole nitrogens is 1. The third-order valence-corrected chi connectivity index (χ3v) is 5.60. The minimum atomic E-state index is -0.891. The number of aromatic amines is 1. The summed E-state index contributed by atoms with van der Waals surface area (Å²) in [6, 6.07) is 6.76. The number of nitrogens with zero attached hydrogens (tertiary/aromatic N) is 2. The van der Waals surface area contributed by atoms with E-state index in [0.717, 1.165) is 25.7 Å². The number of anilines is 2. The Labute approximate surface area is 175 Å². The Balaban J connectivity index is 1.86. The Morgan fingerprint density at radius 3 is 2.66 bits per heavy atom. The molecule has 0 bridgehead atoms. The molecule has 1 atom stereocenters. The van der Waals surface area contributed by atoms with E-state index < -0.39 is 17.8 Å². The van der Waals surface area contributed by atoms with E-state index in [9.17, 15) is 14.7 Å². The molecular formula is C21H27ClN4O3. The number of benzene rings is 1. The van der Waals surface area contributed by atoms with Crippen LogP contribution in [0.2, 0.25) is 5.02 Å². The van der Waals surface area contributed by atoms with Gasteiger partial charge in [-0.3, -0.25) is 4.79 Å². The summed E-state index contributed by atoms with van der Waals surface area (Å²) < 4.78 is 0. The highest BCUT2D eigenvalue weighted by molar-refractivity contribution is 6.34. The van der Waals surface area contributed by atoms with Gasteiger partial charge in [-0.2, -0.15) is 4.98 Å². The van der Waals surface area contributed by atoms with Crippen molar-refractivity contribution >= 4 is 29.0 Å². The molecule has 0 spiro atoms. The van der Waals surface area contributed by atoms with Gasteiger partial charge in [0.1, 0.15) is 12.0 Å². The first-order valence-corrected chi connectivity index (χ1v) is 10.4. The largest absolute Gasteiger partial charge is 0.373 e. The van der Waals surface area contributed by atoms with E-state index in [1.54, 1.807) is 24.3 Å². The van der Waals surface area contributed by atoms with Crippen molar-refractivity contribution in [3.05, 3.63) is 51.5 Å². The molecule has 1 aliphatic rings. The lowest BCUT2D eigenvalue weighted by Gasteiger charge is -2.29. The third-order valence-electron chi connectivity index (χ3n) is 5.27. The monoisotopic (exact) mass is 418 g/mol. The summed E-state index contributed by atoms with van der Waals surface area (Å²) in [6.45, 7) is 3.92. The highest BCUT2D eigenvalue weighted by Gasteiger charge is 2.25. The van der Waals surface area contributed by atoms with Crippen LogP contribution < -0.4 is 15.9 Å². The average Bonchev–Trinajstić information content (AvgIpc) is 2.69. The number of hydrogen-bond acceptors (Lipinski definition) is 5. The fourth-order valence-corrected chi connectivity index (χ4v) is 4.01. The molecule has 0 saturated heterocycles. The number of amides is 1. The summed E-state index contributed by atoms with van der Waals surface area (Å²) in [5.41, 5.74) is 0.505. The summed E-state index contributed by atoms with van der Waals surface area (Å²) in [7, 11) is 0. The molecule has 1 heterocycles. The second-order valence-corrected chi connectivity index (χ2v) is 8.10. The Kier molecular flexibility index (Phi) is 6.92. The molecule has 1 aromatic carbocycles. The number of nitrogens with one attached hydrogen (secondary N) is 2. The van der Waals surface area contributed by atoms with E-state index in [4.69, 9.17) is 11.6 Å². The van der Waals surface area contributed by atoms with Crippen molar-refractivity contribution < 1.29 is 9.90 Å².